The first kappa shape index (κ1) is 13.9. The Morgan fingerprint density at radius 2 is 1.95 bits per heavy atom. The smallest absolute Gasteiger partial charge is 0.262 e. The number of nitrogens with one attached hydrogen (secondary N) is 1. The van der Waals surface area contributed by atoms with Crippen molar-refractivity contribution in [2.45, 2.75) is 6.92 Å². The summed E-state index contributed by atoms with van der Waals surface area (Å²) >= 11 is 0. The van der Waals surface area contributed by atoms with Gasteiger partial charge in [-0.05, 0) is 43.3 Å². The van der Waals surface area contributed by atoms with E-state index in [1.165, 1.54) is 12.1 Å². The van der Waals surface area contributed by atoms with Crippen molar-refractivity contribution in [2.75, 3.05) is 11.9 Å². The third-order valence-electron chi connectivity index (χ3n) is 2.64. The van der Waals surface area contributed by atoms with Crippen LogP contribution in [0.1, 0.15) is 17.3 Å². The lowest BCUT2D eigenvalue weighted by atomic mass is 10.1. The quantitative estimate of drug-likeness (QED) is 0.901. The van der Waals surface area contributed by atoms with Gasteiger partial charge in [-0.2, -0.15) is 0 Å². The normalized spacial score (nSPS) is 10.1. The van der Waals surface area contributed by atoms with Crippen LogP contribution in [0.2, 0.25) is 0 Å². The maximum Gasteiger partial charge on any atom is 0.262 e. The van der Waals surface area contributed by atoms with Gasteiger partial charge >= 0.3 is 0 Å². The molecule has 2 aromatic carbocycles. The van der Waals surface area contributed by atoms with Gasteiger partial charge in [-0.25, -0.2) is 4.39 Å². The molecule has 5 heteroatoms. The van der Waals surface area contributed by atoms with Crippen LogP contribution in [0.4, 0.5) is 10.1 Å². The molecule has 0 radical (unpaired) electrons. The molecule has 1 amide bonds. The average molecular weight is 275 g/mol. The van der Waals surface area contributed by atoms with Gasteiger partial charge in [0.25, 0.3) is 5.91 Å². The molecular formula is C15H14FNO3. The molecule has 0 heterocycles. The highest BCUT2D eigenvalue weighted by molar-refractivity contribution is 6.06. The van der Waals surface area contributed by atoms with Gasteiger partial charge in [0.2, 0.25) is 0 Å². The molecule has 20 heavy (non-hydrogen) atoms. The summed E-state index contributed by atoms with van der Waals surface area (Å²) in [5.74, 6) is -1.19. The van der Waals surface area contributed by atoms with E-state index in [1.54, 1.807) is 24.3 Å². The Balaban J connectivity index is 2.15. The van der Waals surface area contributed by atoms with Crippen molar-refractivity contribution >= 4 is 11.6 Å². The van der Waals surface area contributed by atoms with E-state index >= 15 is 0 Å². The standard InChI is InChI=1S/C15H14FNO3/c1-2-20-11-8-6-10(7-9-11)17-15(19)14-12(16)4-3-5-13(14)18/h3-9,18H,2H2,1H3,(H,17,19). The van der Waals surface area contributed by atoms with Gasteiger partial charge in [-0.1, -0.05) is 6.07 Å². The van der Waals surface area contributed by atoms with Crippen LogP contribution >= 0.6 is 0 Å². The Morgan fingerprint density at radius 1 is 1.25 bits per heavy atom. The average Bonchev–Trinajstić information content (AvgIpc) is 2.41. The van der Waals surface area contributed by atoms with Crippen molar-refractivity contribution in [2.24, 2.45) is 0 Å². The summed E-state index contributed by atoms with van der Waals surface area (Å²) in [7, 11) is 0. The van der Waals surface area contributed by atoms with Gasteiger partial charge in [0, 0.05) is 5.69 Å². The number of phenols is 1. The molecule has 0 atom stereocenters. The van der Waals surface area contributed by atoms with E-state index in [-0.39, 0.29) is 5.56 Å². The molecule has 2 rings (SSSR count). The number of aromatic hydroxyl groups is 1. The Hall–Kier alpha value is -2.56. The second-order valence-electron chi connectivity index (χ2n) is 4.05. The topological polar surface area (TPSA) is 58.6 Å². The number of carbonyl (C=O) groups is 1. The van der Waals surface area contributed by atoms with Gasteiger partial charge in [0.15, 0.2) is 0 Å². The molecule has 0 unspecified atom stereocenters. The fraction of sp³-hybridized carbons (Fsp3) is 0.133. The summed E-state index contributed by atoms with van der Waals surface area (Å²) in [5.41, 5.74) is 0.113. The van der Waals surface area contributed by atoms with E-state index < -0.39 is 17.5 Å². The lowest BCUT2D eigenvalue weighted by Crippen LogP contribution is -2.13. The second-order valence-corrected chi connectivity index (χ2v) is 4.05. The van der Waals surface area contributed by atoms with Crippen LogP contribution in [-0.4, -0.2) is 17.6 Å². The molecule has 0 saturated carbocycles. The molecule has 2 aromatic rings. The Labute approximate surface area is 115 Å². The number of ether oxygens (including phenoxy) is 1. The van der Waals surface area contributed by atoms with Crippen molar-refractivity contribution in [3.05, 3.63) is 53.8 Å². The maximum atomic E-state index is 13.5. The number of halogens is 1. The van der Waals surface area contributed by atoms with E-state index in [1.807, 2.05) is 6.92 Å². The number of phenolic OH excluding ortho intramolecular Hbond substituents is 1. The zero-order valence-corrected chi connectivity index (χ0v) is 10.9. The van der Waals surface area contributed by atoms with Gasteiger partial charge in [-0.3, -0.25) is 4.79 Å². The zero-order chi connectivity index (χ0) is 14.5. The summed E-state index contributed by atoms with van der Waals surface area (Å²) in [6.45, 7) is 2.42. The highest BCUT2D eigenvalue weighted by atomic mass is 19.1. The number of anilines is 1. The minimum Gasteiger partial charge on any atom is -0.507 e. The first-order valence-corrected chi connectivity index (χ1v) is 6.13. The number of amides is 1. The van der Waals surface area contributed by atoms with Crippen molar-refractivity contribution < 1.29 is 19.0 Å². The molecule has 0 saturated heterocycles. The van der Waals surface area contributed by atoms with E-state index in [2.05, 4.69) is 5.32 Å². The summed E-state index contributed by atoms with van der Waals surface area (Å²) in [6, 6.07) is 10.4. The first-order chi connectivity index (χ1) is 9.61. The number of hydrogen-bond donors (Lipinski definition) is 2. The predicted octanol–water partition coefficient (Wildman–Crippen LogP) is 3.18. The third-order valence-corrected chi connectivity index (χ3v) is 2.64. The Bertz CT molecular complexity index is 591. The highest BCUT2D eigenvalue weighted by Gasteiger charge is 2.16. The van der Waals surface area contributed by atoms with Crippen LogP contribution in [0.15, 0.2) is 42.5 Å². The second kappa shape index (κ2) is 6.06. The van der Waals surface area contributed by atoms with E-state index in [0.717, 1.165) is 6.07 Å². The SMILES string of the molecule is CCOc1ccc(NC(=O)c2c(O)cccc2F)cc1. The van der Waals surface area contributed by atoms with Crippen LogP contribution in [0.3, 0.4) is 0 Å². The molecule has 0 aliphatic rings. The number of rotatable bonds is 4. The number of benzene rings is 2. The van der Waals surface area contributed by atoms with Crippen LogP contribution in [0, 0.1) is 5.82 Å². The summed E-state index contributed by atoms with van der Waals surface area (Å²) in [4.78, 5) is 11.9. The van der Waals surface area contributed by atoms with Gasteiger partial charge < -0.3 is 15.2 Å². The summed E-state index contributed by atoms with van der Waals surface area (Å²) in [5, 5.41) is 12.0. The van der Waals surface area contributed by atoms with Crippen LogP contribution in [0.5, 0.6) is 11.5 Å². The van der Waals surface area contributed by atoms with E-state index in [4.69, 9.17) is 4.74 Å². The summed E-state index contributed by atoms with van der Waals surface area (Å²) < 4.78 is 18.8. The highest BCUT2D eigenvalue weighted by Crippen LogP contribution is 2.22. The first-order valence-electron chi connectivity index (χ1n) is 6.13. The molecule has 0 aromatic heterocycles. The monoisotopic (exact) mass is 275 g/mol. The van der Waals surface area contributed by atoms with Crippen LogP contribution in [-0.2, 0) is 0 Å². The molecule has 0 aliphatic heterocycles. The Kier molecular flexibility index (Phi) is 4.20. The maximum absolute atomic E-state index is 13.5. The van der Waals surface area contributed by atoms with Crippen molar-refractivity contribution in [3.63, 3.8) is 0 Å². The van der Waals surface area contributed by atoms with Crippen molar-refractivity contribution in [3.8, 4) is 11.5 Å². The lowest BCUT2D eigenvalue weighted by Gasteiger charge is -2.08. The minimum atomic E-state index is -0.770. The molecule has 0 bridgehead atoms. The van der Waals surface area contributed by atoms with Gasteiger partial charge in [0.05, 0.1) is 6.61 Å². The molecular weight excluding hydrogens is 261 g/mol. The molecule has 4 nitrogen and oxygen atoms in total. The minimum absolute atomic E-state index is 0.374. The predicted molar refractivity (Wildman–Crippen MR) is 73.6 cm³/mol. The molecule has 0 fully saturated rings. The summed E-state index contributed by atoms with van der Waals surface area (Å²) in [6.07, 6.45) is 0. The Morgan fingerprint density at radius 3 is 2.55 bits per heavy atom. The number of carbonyl (C=O) groups excluding carboxylic acids is 1. The van der Waals surface area contributed by atoms with Crippen molar-refractivity contribution in [1.29, 1.82) is 0 Å². The van der Waals surface area contributed by atoms with E-state index in [9.17, 15) is 14.3 Å². The largest absolute Gasteiger partial charge is 0.507 e. The van der Waals surface area contributed by atoms with Crippen LogP contribution < -0.4 is 10.1 Å². The molecule has 2 N–H and O–H groups in total. The van der Waals surface area contributed by atoms with Crippen molar-refractivity contribution in [1.82, 2.24) is 0 Å². The van der Waals surface area contributed by atoms with Gasteiger partial charge in [0.1, 0.15) is 22.9 Å². The molecule has 104 valence electrons. The molecule has 0 spiro atoms. The molecule has 0 aliphatic carbocycles. The lowest BCUT2D eigenvalue weighted by molar-refractivity contribution is 0.102. The van der Waals surface area contributed by atoms with Gasteiger partial charge in [-0.15, -0.1) is 0 Å². The zero-order valence-electron chi connectivity index (χ0n) is 10.9. The van der Waals surface area contributed by atoms with E-state index in [0.29, 0.717) is 18.0 Å². The fourth-order valence-electron chi connectivity index (χ4n) is 1.73. The van der Waals surface area contributed by atoms with Crippen LogP contribution in [0.25, 0.3) is 0 Å². The third kappa shape index (κ3) is 3.06. The fourth-order valence-corrected chi connectivity index (χ4v) is 1.73. The number of hydrogen-bond acceptors (Lipinski definition) is 3.